The second kappa shape index (κ2) is 5.48. The zero-order valence-corrected chi connectivity index (χ0v) is 12.0. The van der Waals surface area contributed by atoms with Gasteiger partial charge in [-0.15, -0.1) is 0 Å². The fourth-order valence-corrected chi connectivity index (χ4v) is 3.26. The van der Waals surface area contributed by atoms with Gasteiger partial charge in [0.15, 0.2) is 6.10 Å². The first-order chi connectivity index (χ1) is 10.1. The van der Waals surface area contributed by atoms with Crippen LogP contribution in [0, 0.1) is 11.8 Å². The number of fused-ring (bicyclic) bond motifs is 2. The van der Waals surface area contributed by atoms with Gasteiger partial charge in [0.1, 0.15) is 6.10 Å². The number of ether oxygens (including phenoxy) is 3. The molecule has 0 aromatic carbocycles. The van der Waals surface area contributed by atoms with Crippen LogP contribution in [-0.2, 0) is 23.8 Å². The molecule has 2 bridgehead atoms. The second-order valence-electron chi connectivity index (χ2n) is 5.61. The maximum atomic E-state index is 11.6. The smallest absolute Gasteiger partial charge is 0.330 e. The Balaban J connectivity index is 1.88. The van der Waals surface area contributed by atoms with Gasteiger partial charge in [0.25, 0.3) is 0 Å². The van der Waals surface area contributed by atoms with Gasteiger partial charge in [0.05, 0.1) is 12.2 Å². The minimum atomic E-state index is -0.561. The van der Waals surface area contributed by atoms with E-state index in [1.807, 2.05) is 24.3 Å². The van der Waals surface area contributed by atoms with Crippen molar-refractivity contribution in [1.82, 2.24) is 0 Å². The summed E-state index contributed by atoms with van der Waals surface area (Å²) in [4.78, 5) is 22.9. The molecule has 0 aliphatic carbocycles. The van der Waals surface area contributed by atoms with E-state index < -0.39 is 24.1 Å². The molecule has 0 N–H and O–H groups in total. The number of cyclic esters (lactones) is 1. The molecule has 3 aliphatic rings. The molecule has 1 fully saturated rings. The lowest BCUT2D eigenvalue weighted by molar-refractivity contribution is -0.168. The minimum Gasteiger partial charge on any atom is -0.454 e. The van der Waals surface area contributed by atoms with Gasteiger partial charge in [-0.2, -0.15) is 0 Å². The lowest BCUT2D eigenvalue weighted by Crippen LogP contribution is -2.46. The van der Waals surface area contributed by atoms with Gasteiger partial charge in [-0.05, 0) is 12.0 Å². The number of carbonyl (C=O) groups excluding carboxylic acids is 2. The number of rotatable bonds is 2. The van der Waals surface area contributed by atoms with Crippen molar-refractivity contribution in [3.8, 4) is 0 Å². The van der Waals surface area contributed by atoms with Gasteiger partial charge in [-0.3, -0.25) is 4.79 Å². The molecule has 0 aromatic heterocycles. The molecule has 1 unspecified atom stereocenters. The van der Waals surface area contributed by atoms with Crippen molar-refractivity contribution in [3.63, 3.8) is 0 Å². The van der Waals surface area contributed by atoms with E-state index in [0.717, 1.165) is 0 Å². The molecule has 5 nitrogen and oxygen atoms in total. The second-order valence-corrected chi connectivity index (χ2v) is 5.61. The highest BCUT2D eigenvalue weighted by Crippen LogP contribution is 2.40. The van der Waals surface area contributed by atoms with Crippen molar-refractivity contribution in [2.24, 2.45) is 11.8 Å². The van der Waals surface area contributed by atoms with Gasteiger partial charge < -0.3 is 14.2 Å². The van der Waals surface area contributed by atoms with E-state index in [1.165, 1.54) is 13.0 Å². The van der Waals surface area contributed by atoms with E-state index in [4.69, 9.17) is 14.2 Å². The maximum absolute atomic E-state index is 11.6. The van der Waals surface area contributed by atoms with E-state index in [9.17, 15) is 9.59 Å². The fraction of sp³-hybridized carbons (Fsp3) is 0.500. The monoisotopic (exact) mass is 290 g/mol. The maximum Gasteiger partial charge on any atom is 0.330 e. The largest absolute Gasteiger partial charge is 0.454 e. The van der Waals surface area contributed by atoms with Crippen molar-refractivity contribution in [2.75, 3.05) is 0 Å². The summed E-state index contributed by atoms with van der Waals surface area (Å²) in [5.74, 6) is -0.683. The van der Waals surface area contributed by atoms with Crippen LogP contribution in [0.25, 0.3) is 0 Å². The van der Waals surface area contributed by atoms with Crippen LogP contribution in [0.3, 0.4) is 0 Å². The molecule has 0 amide bonds. The lowest BCUT2D eigenvalue weighted by atomic mass is 9.80. The Morgan fingerprint density at radius 1 is 1.19 bits per heavy atom. The van der Waals surface area contributed by atoms with Crippen molar-refractivity contribution in [1.29, 1.82) is 0 Å². The average Bonchev–Trinajstić information content (AvgIpc) is 2.61. The topological polar surface area (TPSA) is 61.8 Å². The summed E-state index contributed by atoms with van der Waals surface area (Å²) in [5.41, 5.74) is 0. The van der Waals surface area contributed by atoms with Gasteiger partial charge in [0, 0.05) is 18.9 Å². The number of carbonyl (C=O) groups is 2. The molecule has 21 heavy (non-hydrogen) atoms. The summed E-state index contributed by atoms with van der Waals surface area (Å²) in [6, 6.07) is 0. The van der Waals surface area contributed by atoms with Gasteiger partial charge in [0.2, 0.25) is 0 Å². The van der Waals surface area contributed by atoms with Crippen LogP contribution in [0.2, 0.25) is 0 Å². The quantitative estimate of drug-likeness (QED) is 0.722. The molecule has 0 saturated carbocycles. The zero-order chi connectivity index (χ0) is 15.0. The number of hydrogen-bond acceptors (Lipinski definition) is 5. The summed E-state index contributed by atoms with van der Waals surface area (Å²) in [7, 11) is 0. The van der Waals surface area contributed by atoms with Crippen LogP contribution in [0.15, 0.2) is 36.5 Å². The van der Waals surface area contributed by atoms with Gasteiger partial charge in [-0.1, -0.05) is 31.2 Å². The number of hydrogen-bond donors (Lipinski definition) is 0. The Morgan fingerprint density at radius 3 is 2.62 bits per heavy atom. The molecular weight excluding hydrogens is 272 g/mol. The normalized spacial score (nSPS) is 40.8. The molecule has 3 aliphatic heterocycles. The summed E-state index contributed by atoms with van der Waals surface area (Å²) < 4.78 is 16.7. The van der Waals surface area contributed by atoms with Crippen molar-refractivity contribution in [3.05, 3.63) is 36.5 Å². The molecular formula is C16H18O5. The number of esters is 2. The van der Waals surface area contributed by atoms with E-state index in [0.29, 0.717) is 0 Å². The highest BCUT2D eigenvalue weighted by atomic mass is 16.6. The first-order valence-corrected chi connectivity index (χ1v) is 7.13. The minimum absolute atomic E-state index is 0.0161. The van der Waals surface area contributed by atoms with Crippen molar-refractivity contribution < 1.29 is 23.8 Å². The van der Waals surface area contributed by atoms with Crippen LogP contribution in [0.5, 0.6) is 0 Å². The first-order valence-electron chi connectivity index (χ1n) is 7.13. The third kappa shape index (κ3) is 2.65. The van der Waals surface area contributed by atoms with Gasteiger partial charge in [-0.25, -0.2) is 4.79 Å². The molecule has 1 saturated heterocycles. The SMILES string of the molecule is CC(=O)O[C@H]1C=CC(=O)OC1[C@@H]1[C@H](C)[C@@H]2C=CC=C[C@H]1O2. The Hall–Kier alpha value is -1.88. The van der Waals surface area contributed by atoms with Crippen molar-refractivity contribution >= 4 is 11.9 Å². The third-order valence-corrected chi connectivity index (χ3v) is 4.21. The molecule has 112 valence electrons. The molecule has 0 radical (unpaired) electrons. The first kappa shape index (κ1) is 14.1. The molecule has 0 spiro atoms. The van der Waals surface area contributed by atoms with Crippen LogP contribution in [0.1, 0.15) is 13.8 Å². The lowest BCUT2D eigenvalue weighted by Gasteiger charge is -2.34. The predicted molar refractivity (Wildman–Crippen MR) is 74.2 cm³/mol. The number of allylic oxidation sites excluding steroid dienone is 2. The average molecular weight is 290 g/mol. The van der Waals surface area contributed by atoms with Crippen LogP contribution < -0.4 is 0 Å². The summed E-state index contributed by atoms with van der Waals surface area (Å²) >= 11 is 0. The van der Waals surface area contributed by atoms with E-state index in [1.54, 1.807) is 6.08 Å². The summed E-state index contributed by atoms with van der Waals surface area (Å²) in [6.45, 7) is 3.41. The van der Waals surface area contributed by atoms with E-state index >= 15 is 0 Å². The molecule has 3 heterocycles. The van der Waals surface area contributed by atoms with Crippen LogP contribution >= 0.6 is 0 Å². The van der Waals surface area contributed by atoms with E-state index in [2.05, 4.69) is 6.92 Å². The molecule has 6 atom stereocenters. The van der Waals surface area contributed by atoms with Crippen LogP contribution in [-0.4, -0.2) is 36.4 Å². The van der Waals surface area contributed by atoms with Gasteiger partial charge >= 0.3 is 11.9 Å². The fourth-order valence-electron chi connectivity index (χ4n) is 3.26. The third-order valence-electron chi connectivity index (χ3n) is 4.21. The standard InChI is InChI=1S/C16H18O5/c1-9-11-5-3-4-6-12(20-11)15(9)16-13(19-10(2)17)7-8-14(18)21-16/h3-9,11-13,15-16H,1-2H3/t9-,11+,12-,13+,15-,16?/m1/s1. The summed E-state index contributed by atoms with van der Waals surface area (Å²) in [5, 5.41) is 0. The molecule has 0 aromatic rings. The predicted octanol–water partition coefficient (Wildman–Crippen LogP) is 1.55. The molecule has 3 rings (SSSR count). The van der Waals surface area contributed by atoms with Crippen molar-refractivity contribution in [2.45, 2.75) is 38.3 Å². The molecule has 5 heteroatoms. The van der Waals surface area contributed by atoms with E-state index in [-0.39, 0.29) is 24.0 Å². The Bertz CT molecular complexity index is 533. The summed E-state index contributed by atoms with van der Waals surface area (Å²) in [6.07, 6.45) is 9.52. The highest BCUT2D eigenvalue weighted by molar-refractivity contribution is 5.83. The Morgan fingerprint density at radius 2 is 1.90 bits per heavy atom. The Kier molecular flexibility index (Phi) is 3.68. The zero-order valence-electron chi connectivity index (χ0n) is 12.0. The van der Waals surface area contributed by atoms with Crippen LogP contribution in [0.4, 0.5) is 0 Å². The highest BCUT2D eigenvalue weighted by Gasteiger charge is 2.49. The Labute approximate surface area is 123 Å².